The molecule has 0 aliphatic heterocycles. The summed E-state index contributed by atoms with van der Waals surface area (Å²) in [4.78, 5) is 20.5. The molecule has 2 aromatic heterocycles. The van der Waals surface area contributed by atoms with Crippen molar-refractivity contribution in [2.45, 2.75) is 31.6 Å². The number of carbonyl (C=O) groups excluding carboxylic acids is 1. The molecule has 0 bridgehead atoms. The highest BCUT2D eigenvalue weighted by Crippen LogP contribution is 2.37. The highest BCUT2D eigenvalue weighted by molar-refractivity contribution is 7.07. The molecule has 0 amide bonds. The van der Waals surface area contributed by atoms with Crippen molar-refractivity contribution < 1.29 is 14.1 Å². The van der Waals surface area contributed by atoms with Crippen LogP contribution >= 0.6 is 11.3 Å². The van der Waals surface area contributed by atoms with E-state index in [1.54, 1.807) is 5.51 Å². The zero-order valence-electron chi connectivity index (χ0n) is 11.1. The molecular formula is C13H15N3O3S. The molecule has 2 heterocycles. The SMILES string of the molecule is COC(=O)C(c1nc(-c2cscn2)no1)C1CCCC1. The molecule has 7 heteroatoms. The molecule has 0 saturated heterocycles. The van der Waals surface area contributed by atoms with Crippen LogP contribution in [-0.4, -0.2) is 28.2 Å². The van der Waals surface area contributed by atoms with Gasteiger partial charge < -0.3 is 9.26 Å². The largest absolute Gasteiger partial charge is 0.468 e. The van der Waals surface area contributed by atoms with Gasteiger partial charge in [0, 0.05) is 5.38 Å². The van der Waals surface area contributed by atoms with Crippen molar-refractivity contribution in [2.24, 2.45) is 5.92 Å². The average molecular weight is 293 g/mol. The number of hydrogen-bond donors (Lipinski definition) is 0. The molecule has 20 heavy (non-hydrogen) atoms. The van der Waals surface area contributed by atoms with E-state index in [1.807, 2.05) is 5.38 Å². The van der Waals surface area contributed by atoms with Crippen molar-refractivity contribution in [3.05, 3.63) is 16.8 Å². The van der Waals surface area contributed by atoms with E-state index in [2.05, 4.69) is 15.1 Å². The molecule has 3 rings (SSSR count). The van der Waals surface area contributed by atoms with Crippen LogP contribution in [0.25, 0.3) is 11.5 Å². The second-order valence-electron chi connectivity index (χ2n) is 4.88. The fourth-order valence-corrected chi connectivity index (χ4v) is 3.23. The number of carbonyl (C=O) groups is 1. The fourth-order valence-electron chi connectivity index (χ4n) is 2.70. The third-order valence-electron chi connectivity index (χ3n) is 3.70. The van der Waals surface area contributed by atoms with Gasteiger partial charge in [0.1, 0.15) is 11.6 Å². The first-order chi connectivity index (χ1) is 9.79. The molecule has 106 valence electrons. The third kappa shape index (κ3) is 2.45. The highest BCUT2D eigenvalue weighted by Gasteiger charge is 2.37. The number of thiazole rings is 1. The molecule has 0 radical (unpaired) electrons. The minimum absolute atomic E-state index is 0.228. The van der Waals surface area contributed by atoms with Crippen LogP contribution in [0.1, 0.15) is 37.5 Å². The quantitative estimate of drug-likeness (QED) is 0.806. The maximum absolute atomic E-state index is 12.0. The summed E-state index contributed by atoms with van der Waals surface area (Å²) in [6.07, 6.45) is 4.25. The first kappa shape index (κ1) is 13.2. The van der Waals surface area contributed by atoms with Gasteiger partial charge in [-0.3, -0.25) is 4.79 Å². The van der Waals surface area contributed by atoms with E-state index in [0.29, 0.717) is 17.4 Å². The van der Waals surface area contributed by atoms with Crippen molar-refractivity contribution in [3.63, 3.8) is 0 Å². The number of methoxy groups -OCH3 is 1. The minimum Gasteiger partial charge on any atom is -0.468 e. The fraction of sp³-hybridized carbons (Fsp3) is 0.538. The van der Waals surface area contributed by atoms with E-state index in [0.717, 1.165) is 25.7 Å². The highest BCUT2D eigenvalue weighted by atomic mass is 32.1. The Bertz CT molecular complexity index is 575. The lowest BCUT2D eigenvalue weighted by Gasteiger charge is -2.16. The number of aromatic nitrogens is 3. The van der Waals surface area contributed by atoms with Crippen LogP contribution in [0.5, 0.6) is 0 Å². The Morgan fingerprint density at radius 1 is 1.50 bits per heavy atom. The van der Waals surface area contributed by atoms with Gasteiger partial charge in [-0.05, 0) is 18.8 Å². The predicted octanol–water partition coefficient (Wildman–Crippen LogP) is 2.64. The molecule has 6 nitrogen and oxygen atoms in total. The molecule has 2 aromatic rings. The van der Waals surface area contributed by atoms with Crippen LogP contribution in [0.4, 0.5) is 0 Å². The second kappa shape index (κ2) is 5.70. The van der Waals surface area contributed by atoms with Gasteiger partial charge in [0.15, 0.2) is 0 Å². The summed E-state index contributed by atoms with van der Waals surface area (Å²) in [5.41, 5.74) is 2.38. The van der Waals surface area contributed by atoms with Gasteiger partial charge in [-0.2, -0.15) is 4.98 Å². The summed E-state index contributed by atoms with van der Waals surface area (Å²) in [7, 11) is 1.39. The first-order valence-corrected chi connectivity index (χ1v) is 7.54. The Hall–Kier alpha value is -1.76. The van der Waals surface area contributed by atoms with Crippen LogP contribution in [0.2, 0.25) is 0 Å². The predicted molar refractivity (Wildman–Crippen MR) is 72.1 cm³/mol. The summed E-state index contributed by atoms with van der Waals surface area (Å²) in [5.74, 6) is 0.235. The molecule has 1 atom stereocenters. The van der Waals surface area contributed by atoms with E-state index >= 15 is 0 Å². The average Bonchev–Trinajstić information content (AvgIpc) is 3.20. The second-order valence-corrected chi connectivity index (χ2v) is 5.59. The van der Waals surface area contributed by atoms with Crippen LogP contribution in [0, 0.1) is 5.92 Å². The van der Waals surface area contributed by atoms with Crippen LogP contribution in [0.3, 0.4) is 0 Å². The maximum atomic E-state index is 12.0. The zero-order valence-corrected chi connectivity index (χ0v) is 11.9. The van der Waals surface area contributed by atoms with E-state index in [1.165, 1.54) is 18.4 Å². The van der Waals surface area contributed by atoms with Crippen molar-refractivity contribution in [1.29, 1.82) is 0 Å². The number of rotatable bonds is 4. The summed E-state index contributed by atoms with van der Waals surface area (Å²) < 4.78 is 10.2. The van der Waals surface area contributed by atoms with Gasteiger partial charge in [-0.25, -0.2) is 4.98 Å². The van der Waals surface area contributed by atoms with Crippen molar-refractivity contribution in [2.75, 3.05) is 7.11 Å². The Morgan fingerprint density at radius 2 is 2.30 bits per heavy atom. The van der Waals surface area contributed by atoms with E-state index < -0.39 is 5.92 Å². The van der Waals surface area contributed by atoms with Gasteiger partial charge in [-0.15, -0.1) is 11.3 Å². The van der Waals surface area contributed by atoms with Gasteiger partial charge in [0.2, 0.25) is 11.7 Å². The Labute approximate surface area is 120 Å². The molecule has 0 spiro atoms. The molecule has 1 fully saturated rings. The Kier molecular flexibility index (Phi) is 3.77. The molecule has 0 N–H and O–H groups in total. The Morgan fingerprint density at radius 3 is 2.95 bits per heavy atom. The van der Waals surface area contributed by atoms with E-state index in [-0.39, 0.29) is 11.9 Å². The number of ether oxygens (including phenoxy) is 1. The summed E-state index contributed by atoms with van der Waals surface area (Å²) >= 11 is 1.46. The monoisotopic (exact) mass is 293 g/mol. The maximum Gasteiger partial charge on any atom is 0.318 e. The van der Waals surface area contributed by atoms with Gasteiger partial charge in [0.25, 0.3) is 0 Å². The van der Waals surface area contributed by atoms with Gasteiger partial charge in [-0.1, -0.05) is 18.0 Å². The van der Waals surface area contributed by atoms with Crippen LogP contribution in [-0.2, 0) is 9.53 Å². The molecule has 1 aliphatic carbocycles. The van der Waals surface area contributed by atoms with Gasteiger partial charge in [0.05, 0.1) is 12.6 Å². The number of nitrogens with zero attached hydrogens (tertiary/aromatic N) is 3. The first-order valence-electron chi connectivity index (χ1n) is 6.59. The molecule has 1 saturated carbocycles. The van der Waals surface area contributed by atoms with Crippen molar-refractivity contribution in [3.8, 4) is 11.5 Å². The zero-order chi connectivity index (χ0) is 13.9. The lowest BCUT2D eigenvalue weighted by molar-refractivity contribution is -0.144. The molecule has 1 unspecified atom stereocenters. The standard InChI is InChI=1S/C13H15N3O3S/c1-18-13(17)10(8-4-2-3-5-8)12-15-11(16-19-12)9-6-20-7-14-9/h6-8,10H,2-5H2,1H3. The lowest BCUT2D eigenvalue weighted by atomic mass is 9.91. The van der Waals surface area contributed by atoms with Gasteiger partial charge >= 0.3 is 5.97 Å². The van der Waals surface area contributed by atoms with E-state index in [9.17, 15) is 4.79 Å². The molecular weight excluding hydrogens is 278 g/mol. The smallest absolute Gasteiger partial charge is 0.318 e. The van der Waals surface area contributed by atoms with Crippen LogP contribution < -0.4 is 0 Å². The number of esters is 1. The third-order valence-corrected chi connectivity index (χ3v) is 4.28. The number of hydrogen-bond acceptors (Lipinski definition) is 7. The summed E-state index contributed by atoms with van der Waals surface area (Å²) in [6.45, 7) is 0. The minimum atomic E-state index is -0.456. The van der Waals surface area contributed by atoms with E-state index in [4.69, 9.17) is 9.26 Å². The summed E-state index contributed by atoms with van der Waals surface area (Å²) in [6, 6.07) is 0. The van der Waals surface area contributed by atoms with Crippen molar-refractivity contribution in [1.82, 2.24) is 15.1 Å². The molecule has 0 aromatic carbocycles. The lowest BCUT2D eigenvalue weighted by Crippen LogP contribution is -2.21. The normalized spacial score (nSPS) is 17.2. The summed E-state index contributed by atoms with van der Waals surface area (Å²) in [5, 5.41) is 5.76. The van der Waals surface area contributed by atoms with Crippen molar-refractivity contribution >= 4 is 17.3 Å². The Balaban J connectivity index is 1.89. The van der Waals surface area contributed by atoms with Crippen LogP contribution in [0.15, 0.2) is 15.4 Å². The molecule has 1 aliphatic rings. The topological polar surface area (TPSA) is 78.1 Å².